The van der Waals surface area contributed by atoms with Gasteiger partial charge in [-0.2, -0.15) is 0 Å². The fourth-order valence-corrected chi connectivity index (χ4v) is 2.05. The predicted molar refractivity (Wildman–Crippen MR) is 66.2 cm³/mol. The van der Waals surface area contributed by atoms with Crippen molar-refractivity contribution >= 4 is 10.8 Å². The van der Waals surface area contributed by atoms with Crippen LogP contribution in [0.1, 0.15) is 23.7 Å². The fourth-order valence-electron chi connectivity index (χ4n) is 2.05. The molecule has 84 valence electrons. The van der Waals surface area contributed by atoms with Crippen molar-refractivity contribution in [3.63, 3.8) is 0 Å². The zero-order valence-corrected chi connectivity index (χ0v) is 9.41. The molecule has 0 aliphatic carbocycles. The molecule has 0 aliphatic rings. The monoisotopic (exact) mass is 217 g/mol. The lowest BCUT2D eigenvalue weighted by atomic mass is 9.96. The van der Waals surface area contributed by atoms with Crippen LogP contribution >= 0.6 is 0 Å². The van der Waals surface area contributed by atoms with Gasteiger partial charge in [0.2, 0.25) is 0 Å². The maximum Gasteiger partial charge on any atom is 0.127 e. The molecule has 2 rings (SSSR count). The normalized spacial score (nSPS) is 12.9. The number of alkyl halides is 1. The zero-order valence-electron chi connectivity index (χ0n) is 9.41. The van der Waals surface area contributed by atoms with Gasteiger partial charge in [-0.15, -0.1) is 0 Å². The van der Waals surface area contributed by atoms with Gasteiger partial charge in [0.25, 0.3) is 0 Å². The highest BCUT2D eigenvalue weighted by Crippen LogP contribution is 2.30. The molecule has 2 N–H and O–H groups in total. The Balaban J connectivity index is 2.58. The summed E-state index contributed by atoms with van der Waals surface area (Å²) in [6, 6.07) is 11.8. The van der Waals surface area contributed by atoms with Crippen LogP contribution in [-0.4, -0.2) is 6.54 Å². The largest absolute Gasteiger partial charge is 0.330 e. The van der Waals surface area contributed by atoms with Gasteiger partial charge in [0.1, 0.15) is 6.17 Å². The Morgan fingerprint density at radius 2 is 1.81 bits per heavy atom. The molecule has 1 atom stereocenters. The average molecular weight is 217 g/mol. The third kappa shape index (κ3) is 1.93. The molecular formula is C14H16FN. The Bertz CT molecular complexity index is 493. The van der Waals surface area contributed by atoms with Crippen molar-refractivity contribution in [3.05, 3.63) is 47.5 Å². The predicted octanol–water partition coefficient (Wildman–Crippen LogP) is 3.51. The lowest BCUT2D eigenvalue weighted by Gasteiger charge is -2.12. The van der Waals surface area contributed by atoms with Crippen molar-refractivity contribution in [1.29, 1.82) is 0 Å². The molecule has 2 aromatic carbocycles. The van der Waals surface area contributed by atoms with E-state index >= 15 is 0 Å². The van der Waals surface area contributed by atoms with E-state index in [0.717, 1.165) is 16.3 Å². The second-order valence-electron chi connectivity index (χ2n) is 4.06. The Morgan fingerprint density at radius 1 is 1.12 bits per heavy atom. The summed E-state index contributed by atoms with van der Waals surface area (Å²) in [5.41, 5.74) is 7.34. The number of nitrogens with two attached hydrogens (primary N) is 1. The summed E-state index contributed by atoms with van der Waals surface area (Å²) in [6.45, 7) is 2.42. The van der Waals surface area contributed by atoms with Crippen molar-refractivity contribution < 1.29 is 4.39 Å². The van der Waals surface area contributed by atoms with Gasteiger partial charge in [-0.25, -0.2) is 4.39 Å². The van der Waals surface area contributed by atoms with E-state index in [1.54, 1.807) is 0 Å². The number of benzene rings is 2. The van der Waals surface area contributed by atoms with Crippen LogP contribution < -0.4 is 5.73 Å². The molecule has 2 aromatic rings. The molecule has 2 heteroatoms. The maximum absolute atomic E-state index is 13.9. The quantitative estimate of drug-likeness (QED) is 0.836. The Kier molecular flexibility index (Phi) is 3.20. The van der Waals surface area contributed by atoms with Gasteiger partial charge in [0, 0.05) is 0 Å². The second-order valence-corrected chi connectivity index (χ2v) is 4.06. The highest BCUT2D eigenvalue weighted by Gasteiger charge is 2.12. The van der Waals surface area contributed by atoms with Gasteiger partial charge in [0.05, 0.1) is 0 Å². The van der Waals surface area contributed by atoms with Crippen LogP contribution in [0.25, 0.3) is 10.8 Å². The van der Waals surface area contributed by atoms with Gasteiger partial charge >= 0.3 is 0 Å². The summed E-state index contributed by atoms with van der Waals surface area (Å²) in [7, 11) is 0. The first kappa shape index (κ1) is 11.1. The maximum atomic E-state index is 13.9. The van der Waals surface area contributed by atoms with E-state index in [0.29, 0.717) is 13.0 Å². The van der Waals surface area contributed by atoms with Crippen LogP contribution in [0.15, 0.2) is 36.4 Å². The molecule has 0 aromatic heterocycles. The highest BCUT2D eigenvalue weighted by atomic mass is 19.1. The summed E-state index contributed by atoms with van der Waals surface area (Å²) < 4.78 is 13.9. The third-order valence-electron chi connectivity index (χ3n) is 2.93. The molecule has 0 bridgehead atoms. The van der Waals surface area contributed by atoms with Gasteiger partial charge in [-0.1, -0.05) is 36.4 Å². The zero-order chi connectivity index (χ0) is 11.5. The molecule has 1 nitrogen and oxygen atoms in total. The van der Waals surface area contributed by atoms with Gasteiger partial charge in [0.15, 0.2) is 0 Å². The molecule has 0 fully saturated rings. The van der Waals surface area contributed by atoms with Gasteiger partial charge in [-0.3, -0.25) is 0 Å². The Morgan fingerprint density at radius 3 is 2.50 bits per heavy atom. The van der Waals surface area contributed by atoms with E-state index in [1.165, 1.54) is 5.56 Å². The smallest absolute Gasteiger partial charge is 0.127 e. The summed E-state index contributed by atoms with van der Waals surface area (Å²) in [5.74, 6) is 0. The molecule has 0 heterocycles. The fraction of sp³-hybridized carbons (Fsp3) is 0.286. The number of aryl methyl sites for hydroxylation is 1. The van der Waals surface area contributed by atoms with Gasteiger partial charge in [-0.05, 0) is 41.8 Å². The molecule has 1 unspecified atom stereocenters. The third-order valence-corrected chi connectivity index (χ3v) is 2.93. The van der Waals surface area contributed by atoms with Crippen LogP contribution in [0.5, 0.6) is 0 Å². The summed E-state index contributed by atoms with van der Waals surface area (Å²) in [4.78, 5) is 0. The molecular weight excluding hydrogens is 201 g/mol. The minimum atomic E-state index is -0.963. The lowest BCUT2D eigenvalue weighted by Crippen LogP contribution is -2.04. The van der Waals surface area contributed by atoms with E-state index < -0.39 is 6.17 Å². The van der Waals surface area contributed by atoms with E-state index in [9.17, 15) is 4.39 Å². The SMILES string of the molecule is Cc1ccc(C(F)CCN)c2ccccc12. The van der Waals surface area contributed by atoms with Crippen LogP contribution in [0.4, 0.5) is 4.39 Å². The number of halogens is 1. The number of fused-ring (bicyclic) bond motifs is 1. The topological polar surface area (TPSA) is 26.0 Å². The van der Waals surface area contributed by atoms with Crippen molar-refractivity contribution in [2.24, 2.45) is 5.73 Å². The molecule has 0 aliphatic heterocycles. The van der Waals surface area contributed by atoms with E-state index in [2.05, 4.69) is 0 Å². The molecule has 16 heavy (non-hydrogen) atoms. The van der Waals surface area contributed by atoms with Crippen LogP contribution in [0.2, 0.25) is 0 Å². The van der Waals surface area contributed by atoms with Gasteiger partial charge < -0.3 is 5.73 Å². The molecule has 0 amide bonds. The Hall–Kier alpha value is -1.41. The van der Waals surface area contributed by atoms with Crippen molar-refractivity contribution in [3.8, 4) is 0 Å². The molecule has 0 saturated heterocycles. The first-order valence-corrected chi connectivity index (χ1v) is 5.56. The molecule has 0 radical (unpaired) electrons. The van der Waals surface area contributed by atoms with Crippen LogP contribution in [0.3, 0.4) is 0 Å². The average Bonchev–Trinajstić information content (AvgIpc) is 2.30. The van der Waals surface area contributed by atoms with Crippen LogP contribution in [0, 0.1) is 6.92 Å². The molecule has 0 saturated carbocycles. The molecule has 0 spiro atoms. The lowest BCUT2D eigenvalue weighted by molar-refractivity contribution is 0.330. The summed E-state index contributed by atoms with van der Waals surface area (Å²) in [5, 5.41) is 2.13. The van der Waals surface area contributed by atoms with Crippen molar-refractivity contribution in [1.82, 2.24) is 0 Å². The summed E-state index contributed by atoms with van der Waals surface area (Å²) in [6.07, 6.45) is -0.581. The Labute approximate surface area is 95.1 Å². The number of hydrogen-bond donors (Lipinski definition) is 1. The second kappa shape index (κ2) is 4.62. The standard InChI is InChI=1S/C14H16FN/c1-10-6-7-13(14(15)8-9-16)12-5-3-2-4-11(10)12/h2-7,14H,8-9,16H2,1H3. The van der Waals surface area contributed by atoms with Crippen molar-refractivity contribution in [2.75, 3.05) is 6.54 Å². The van der Waals surface area contributed by atoms with E-state index in [1.807, 2.05) is 43.3 Å². The number of hydrogen-bond acceptors (Lipinski definition) is 1. The van der Waals surface area contributed by atoms with Crippen molar-refractivity contribution in [2.45, 2.75) is 19.5 Å². The highest BCUT2D eigenvalue weighted by molar-refractivity contribution is 5.88. The minimum Gasteiger partial charge on any atom is -0.330 e. The van der Waals surface area contributed by atoms with E-state index in [4.69, 9.17) is 5.73 Å². The number of rotatable bonds is 3. The first-order valence-electron chi connectivity index (χ1n) is 5.56. The first-order chi connectivity index (χ1) is 7.74. The van der Waals surface area contributed by atoms with E-state index in [-0.39, 0.29) is 0 Å². The minimum absolute atomic E-state index is 0.378. The van der Waals surface area contributed by atoms with Crippen LogP contribution in [-0.2, 0) is 0 Å². The summed E-state index contributed by atoms with van der Waals surface area (Å²) >= 11 is 0.